The van der Waals surface area contributed by atoms with Crippen LogP contribution in [0.3, 0.4) is 0 Å². The molecular weight excluding hydrogens is 515 g/mol. The van der Waals surface area contributed by atoms with Crippen LogP contribution in [0.15, 0.2) is 46.8 Å². The highest BCUT2D eigenvalue weighted by atomic mass is 35.5. The average Bonchev–Trinajstić information content (AvgIpc) is 3.27. The van der Waals surface area contributed by atoms with Gasteiger partial charge in [-0.1, -0.05) is 11.6 Å². The number of thiazole rings is 1. The zero-order chi connectivity index (χ0) is 24.9. The summed E-state index contributed by atoms with van der Waals surface area (Å²) in [6.45, 7) is -1.88. The molecule has 1 aromatic heterocycles. The third-order valence-corrected chi connectivity index (χ3v) is 7.02. The highest BCUT2D eigenvalue weighted by Gasteiger charge is 2.23. The molecule has 0 spiro atoms. The van der Waals surface area contributed by atoms with Crippen LogP contribution in [-0.4, -0.2) is 47.2 Å². The Balaban J connectivity index is 1.93. The first-order valence-electron chi connectivity index (χ1n) is 9.73. The summed E-state index contributed by atoms with van der Waals surface area (Å²) < 4.78 is 72.0. The third-order valence-electron chi connectivity index (χ3n) is 4.54. The first kappa shape index (κ1) is 25.9. The summed E-state index contributed by atoms with van der Waals surface area (Å²) in [6.07, 6.45) is 1.40. The molecule has 14 heteroatoms. The SMILES string of the molecule is CNCCN(C)c1cc(OC(F)F)ccc1Nc1cc(F)c(S(=O)(=O)Nc2nccs2)cc1Cl. The molecule has 3 N–H and O–H groups in total. The Kier molecular flexibility index (Phi) is 8.47. The molecule has 0 saturated heterocycles. The normalized spacial score (nSPS) is 11.5. The Bertz CT molecular complexity index is 1230. The predicted octanol–water partition coefficient (Wildman–Crippen LogP) is 4.74. The number of benzene rings is 2. The second kappa shape index (κ2) is 11.1. The maximum absolute atomic E-state index is 14.8. The zero-order valence-corrected chi connectivity index (χ0v) is 20.4. The second-order valence-corrected chi connectivity index (χ2v) is 9.87. The average molecular weight is 536 g/mol. The number of aromatic nitrogens is 1. The number of likely N-dealkylation sites (N-methyl/N-ethyl adjacent to an activating group) is 2. The van der Waals surface area contributed by atoms with E-state index in [9.17, 15) is 21.6 Å². The Morgan fingerprint density at radius 1 is 1.24 bits per heavy atom. The fraction of sp³-hybridized carbons (Fsp3) is 0.250. The standard InChI is InChI=1S/C20H21ClF3N5O3S2/c1-25-5-7-29(2)17-9-12(32-19(23)24)3-4-15(17)27-16-11-14(22)18(10-13(16)21)34(30,31)28-20-26-6-8-33-20/h3-4,6,8-11,19,25,27H,5,7H2,1-2H3,(H,26,28). The van der Waals surface area contributed by atoms with Crippen LogP contribution in [0.2, 0.25) is 5.02 Å². The number of nitrogens with zero attached hydrogens (tertiary/aromatic N) is 2. The van der Waals surface area contributed by atoms with Gasteiger partial charge in [-0.25, -0.2) is 17.8 Å². The van der Waals surface area contributed by atoms with Crippen LogP contribution in [0, 0.1) is 5.82 Å². The van der Waals surface area contributed by atoms with E-state index < -0.39 is 27.3 Å². The fourth-order valence-electron chi connectivity index (χ4n) is 2.93. The summed E-state index contributed by atoms with van der Waals surface area (Å²) >= 11 is 7.31. The molecule has 0 atom stereocenters. The Labute approximate surface area is 203 Å². The molecule has 34 heavy (non-hydrogen) atoms. The number of rotatable bonds is 11. The van der Waals surface area contributed by atoms with Gasteiger partial charge >= 0.3 is 6.61 Å². The molecule has 0 amide bonds. The molecule has 184 valence electrons. The molecule has 2 aromatic carbocycles. The molecule has 1 heterocycles. The van der Waals surface area contributed by atoms with Crippen molar-refractivity contribution in [1.29, 1.82) is 0 Å². The van der Waals surface area contributed by atoms with Crippen molar-refractivity contribution in [3.63, 3.8) is 0 Å². The van der Waals surface area contributed by atoms with Crippen LogP contribution in [0.25, 0.3) is 0 Å². The first-order chi connectivity index (χ1) is 16.1. The lowest BCUT2D eigenvalue weighted by molar-refractivity contribution is -0.0498. The van der Waals surface area contributed by atoms with E-state index in [4.69, 9.17) is 11.6 Å². The highest BCUT2D eigenvalue weighted by Crippen LogP contribution is 2.36. The molecule has 0 aliphatic rings. The topological polar surface area (TPSA) is 95.6 Å². The van der Waals surface area contributed by atoms with Crippen LogP contribution in [0.5, 0.6) is 5.75 Å². The summed E-state index contributed by atoms with van der Waals surface area (Å²) in [7, 11) is -0.756. The molecule has 3 rings (SSSR count). The van der Waals surface area contributed by atoms with E-state index in [1.54, 1.807) is 24.4 Å². The minimum absolute atomic E-state index is 0.0566. The van der Waals surface area contributed by atoms with Gasteiger partial charge in [0.25, 0.3) is 10.0 Å². The van der Waals surface area contributed by atoms with Crippen molar-refractivity contribution in [3.05, 3.63) is 52.7 Å². The number of sulfonamides is 1. The van der Waals surface area contributed by atoms with E-state index in [0.29, 0.717) is 24.5 Å². The number of halogens is 4. The lowest BCUT2D eigenvalue weighted by Gasteiger charge is -2.24. The van der Waals surface area contributed by atoms with Crippen molar-refractivity contribution >= 4 is 55.2 Å². The first-order valence-corrected chi connectivity index (χ1v) is 12.5. The fourth-order valence-corrected chi connectivity index (χ4v) is 5.08. The minimum atomic E-state index is -4.27. The molecule has 0 aliphatic carbocycles. The largest absolute Gasteiger partial charge is 0.435 e. The maximum atomic E-state index is 14.8. The number of anilines is 4. The molecule has 0 fully saturated rings. The van der Waals surface area contributed by atoms with Gasteiger partial charge in [-0.15, -0.1) is 11.3 Å². The van der Waals surface area contributed by atoms with Gasteiger partial charge in [0.2, 0.25) is 0 Å². The summed E-state index contributed by atoms with van der Waals surface area (Å²) in [6, 6.07) is 6.13. The van der Waals surface area contributed by atoms with Gasteiger partial charge in [-0.2, -0.15) is 8.78 Å². The molecule has 8 nitrogen and oxygen atoms in total. The number of hydrogen-bond donors (Lipinski definition) is 3. The lowest BCUT2D eigenvalue weighted by Crippen LogP contribution is -2.27. The van der Waals surface area contributed by atoms with E-state index in [2.05, 4.69) is 25.1 Å². The van der Waals surface area contributed by atoms with Crippen molar-refractivity contribution in [1.82, 2.24) is 10.3 Å². The number of nitrogens with one attached hydrogen (secondary N) is 3. The number of alkyl halides is 2. The van der Waals surface area contributed by atoms with Crippen molar-refractivity contribution in [2.24, 2.45) is 0 Å². The number of hydrogen-bond acceptors (Lipinski definition) is 8. The van der Waals surface area contributed by atoms with Gasteiger partial charge in [0.05, 0.1) is 22.1 Å². The highest BCUT2D eigenvalue weighted by molar-refractivity contribution is 7.93. The van der Waals surface area contributed by atoms with E-state index in [-0.39, 0.29) is 21.6 Å². The van der Waals surface area contributed by atoms with Gasteiger partial charge < -0.3 is 20.3 Å². The second-order valence-electron chi connectivity index (χ2n) is 6.91. The van der Waals surface area contributed by atoms with Crippen LogP contribution in [0.4, 0.5) is 35.4 Å². The summed E-state index contributed by atoms with van der Waals surface area (Å²) in [5.41, 5.74) is 0.975. The van der Waals surface area contributed by atoms with E-state index in [1.807, 2.05) is 0 Å². The maximum Gasteiger partial charge on any atom is 0.387 e. The van der Waals surface area contributed by atoms with Crippen molar-refractivity contribution in [2.75, 3.05) is 42.1 Å². The van der Waals surface area contributed by atoms with Gasteiger partial charge in [0.1, 0.15) is 16.5 Å². The molecule has 0 aliphatic heterocycles. The van der Waals surface area contributed by atoms with Gasteiger partial charge in [0.15, 0.2) is 5.13 Å². The zero-order valence-electron chi connectivity index (χ0n) is 18.0. The van der Waals surface area contributed by atoms with Crippen molar-refractivity contribution in [2.45, 2.75) is 11.5 Å². The van der Waals surface area contributed by atoms with Gasteiger partial charge in [0, 0.05) is 43.8 Å². The van der Waals surface area contributed by atoms with E-state index >= 15 is 0 Å². The lowest BCUT2D eigenvalue weighted by atomic mass is 10.2. The van der Waals surface area contributed by atoms with Crippen molar-refractivity contribution < 1.29 is 26.3 Å². The summed E-state index contributed by atoms with van der Waals surface area (Å²) in [5.74, 6) is -1.10. The molecule has 0 unspecified atom stereocenters. The Morgan fingerprint density at radius 3 is 2.65 bits per heavy atom. The molecular formula is C20H21ClF3N5O3S2. The van der Waals surface area contributed by atoms with Crippen LogP contribution in [0.1, 0.15) is 0 Å². The molecule has 0 bridgehead atoms. The van der Waals surface area contributed by atoms with Crippen molar-refractivity contribution in [3.8, 4) is 5.75 Å². The van der Waals surface area contributed by atoms with Crippen LogP contribution < -0.4 is 25.0 Å². The minimum Gasteiger partial charge on any atom is -0.435 e. The predicted molar refractivity (Wildman–Crippen MR) is 128 cm³/mol. The molecule has 3 aromatic rings. The van der Waals surface area contributed by atoms with Gasteiger partial charge in [-0.05, 0) is 25.2 Å². The van der Waals surface area contributed by atoms with E-state index in [1.165, 1.54) is 24.4 Å². The van der Waals surface area contributed by atoms with Crippen LogP contribution in [-0.2, 0) is 10.0 Å². The Morgan fingerprint density at radius 2 is 2.00 bits per heavy atom. The van der Waals surface area contributed by atoms with E-state index in [0.717, 1.165) is 23.5 Å². The number of ether oxygens (including phenoxy) is 1. The summed E-state index contributed by atoms with van der Waals surface area (Å²) in [5, 5.41) is 7.50. The molecule has 0 radical (unpaired) electrons. The summed E-state index contributed by atoms with van der Waals surface area (Å²) in [4.78, 5) is 4.95. The van der Waals surface area contributed by atoms with Gasteiger partial charge in [-0.3, -0.25) is 4.72 Å². The molecule has 0 saturated carbocycles. The smallest absolute Gasteiger partial charge is 0.387 e. The third kappa shape index (κ3) is 6.44. The van der Waals surface area contributed by atoms with Crippen LogP contribution >= 0.6 is 22.9 Å². The monoisotopic (exact) mass is 535 g/mol. The Hall–Kier alpha value is -2.74. The quantitative estimate of drug-likeness (QED) is 0.326.